The Bertz CT molecular complexity index is 344. The van der Waals surface area contributed by atoms with Crippen molar-refractivity contribution in [1.82, 2.24) is 4.72 Å². The SMILES string of the molecule is O=S(=O)(NC1CCC(CBr)CC1)C1CCCCC1. The number of sulfonamides is 1. The van der Waals surface area contributed by atoms with Crippen molar-refractivity contribution in [3.05, 3.63) is 0 Å². The standard InChI is InChI=1S/C13H24BrNO2S/c14-10-11-6-8-12(9-7-11)15-18(16,17)13-4-2-1-3-5-13/h11-13,15H,1-10H2. The fourth-order valence-electron chi connectivity index (χ4n) is 3.14. The Morgan fingerprint density at radius 1 is 0.944 bits per heavy atom. The highest BCUT2D eigenvalue weighted by atomic mass is 79.9. The topological polar surface area (TPSA) is 46.2 Å². The first kappa shape index (κ1) is 14.8. The van der Waals surface area contributed by atoms with Crippen LogP contribution in [0, 0.1) is 5.92 Å². The van der Waals surface area contributed by atoms with Crippen molar-refractivity contribution in [2.45, 2.75) is 69.1 Å². The van der Waals surface area contributed by atoms with Crippen molar-refractivity contribution >= 4 is 26.0 Å². The molecule has 0 aromatic carbocycles. The van der Waals surface area contributed by atoms with Crippen molar-refractivity contribution in [2.24, 2.45) is 5.92 Å². The van der Waals surface area contributed by atoms with Crippen LogP contribution in [-0.2, 0) is 10.0 Å². The number of halogens is 1. The molecule has 0 bridgehead atoms. The van der Waals surface area contributed by atoms with E-state index in [4.69, 9.17) is 0 Å². The summed E-state index contributed by atoms with van der Waals surface area (Å²) in [5, 5.41) is 0.926. The molecule has 2 aliphatic carbocycles. The summed E-state index contributed by atoms with van der Waals surface area (Å²) < 4.78 is 27.5. The lowest BCUT2D eigenvalue weighted by Gasteiger charge is -2.30. The molecule has 0 amide bonds. The molecule has 0 atom stereocenters. The van der Waals surface area contributed by atoms with Gasteiger partial charge in [0.1, 0.15) is 0 Å². The van der Waals surface area contributed by atoms with Gasteiger partial charge in [0.05, 0.1) is 5.25 Å². The molecule has 2 saturated carbocycles. The average molecular weight is 338 g/mol. The molecule has 18 heavy (non-hydrogen) atoms. The maximum Gasteiger partial charge on any atom is 0.214 e. The summed E-state index contributed by atoms with van der Waals surface area (Å²) in [4.78, 5) is 0. The van der Waals surface area contributed by atoms with Gasteiger partial charge in [-0.25, -0.2) is 13.1 Å². The lowest BCUT2D eigenvalue weighted by molar-refractivity contribution is 0.335. The summed E-state index contributed by atoms with van der Waals surface area (Å²) in [6.07, 6.45) is 9.33. The van der Waals surface area contributed by atoms with Crippen LogP contribution < -0.4 is 4.72 Å². The molecule has 0 radical (unpaired) electrons. The zero-order valence-electron chi connectivity index (χ0n) is 10.9. The van der Waals surface area contributed by atoms with E-state index < -0.39 is 10.0 Å². The fraction of sp³-hybridized carbons (Fsp3) is 1.00. The molecule has 3 nitrogen and oxygen atoms in total. The van der Waals surface area contributed by atoms with E-state index in [-0.39, 0.29) is 11.3 Å². The third kappa shape index (κ3) is 3.94. The largest absolute Gasteiger partial charge is 0.214 e. The first-order valence-corrected chi connectivity index (χ1v) is 9.85. The van der Waals surface area contributed by atoms with Crippen LogP contribution in [0.4, 0.5) is 0 Å². The van der Waals surface area contributed by atoms with E-state index in [0.717, 1.165) is 62.6 Å². The molecule has 0 aromatic rings. The van der Waals surface area contributed by atoms with Crippen molar-refractivity contribution in [3.8, 4) is 0 Å². The highest BCUT2D eigenvalue weighted by Gasteiger charge is 2.30. The van der Waals surface area contributed by atoms with Crippen LogP contribution in [0.15, 0.2) is 0 Å². The summed E-state index contributed by atoms with van der Waals surface area (Å²) >= 11 is 3.52. The minimum absolute atomic E-state index is 0.125. The van der Waals surface area contributed by atoms with Gasteiger partial charge >= 0.3 is 0 Å². The molecule has 0 heterocycles. The Morgan fingerprint density at radius 2 is 1.56 bits per heavy atom. The predicted octanol–water partition coefficient (Wildman–Crippen LogP) is 3.19. The second kappa shape index (κ2) is 6.71. The minimum Gasteiger partial charge on any atom is -0.212 e. The molecular weight excluding hydrogens is 314 g/mol. The number of rotatable bonds is 4. The quantitative estimate of drug-likeness (QED) is 0.800. The monoisotopic (exact) mass is 337 g/mol. The lowest BCUT2D eigenvalue weighted by Crippen LogP contribution is -2.43. The van der Waals surface area contributed by atoms with E-state index >= 15 is 0 Å². The second-order valence-electron chi connectivity index (χ2n) is 5.79. The van der Waals surface area contributed by atoms with Crippen LogP contribution in [0.2, 0.25) is 0 Å². The van der Waals surface area contributed by atoms with E-state index in [0.29, 0.717) is 0 Å². The predicted molar refractivity (Wildman–Crippen MR) is 78.5 cm³/mol. The average Bonchev–Trinajstić information content (AvgIpc) is 2.40. The smallest absolute Gasteiger partial charge is 0.212 e. The second-order valence-corrected chi connectivity index (χ2v) is 8.43. The molecule has 0 spiro atoms. The molecule has 0 unspecified atom stereocenters. The minimum atomic E-state index is -3.07. The number of hydrogen-bond donors (Lipinski definition) is 1. The van der Waals surface area contributed by atoms with Gasteiger partial charge in [-0.2, -0.15) is 0 Å². The normalized spacial score (nSPS) is 31.4. The number of hydrogen-bond acceptors (Lipinski definition) is 2. The molecule has 5 heteroatoms. The molecule has 2 rings (SSSR count). The van der Waals surface area contributed by atoms with Gasteiger partial charge in [0.25, 0.3) is 0 Å². The van der Waals surface area contributed by atoms with Crippen LogP contribution in [0.25, 0.3) is 0 Å². The van der Waals surface area contributed by atoms with Crippen molar-refractivity contribution in [2.75, 3.05) is 5.33 Å². The van der Waals surface area contributed by atoms with Crippen LogP contribution in [0.1, 0.15) is 57.8 Å². The first-order valence-electron chi connectivity index (χ1n) is 7.19. The van der Waals surface area contributed by atoms with E-state index in [1.165, 1.54) is 6.42 Å². The van der Waals surface area contributed by atoms with Gasteiger partial charge in [0, 0.05) is 11.4 Å². The van der Waals surface area contributed by atoms with Crippen molar-refractivity contribution in [3.63, 3.8) is 0 Å². The Hall–Kier alpha value is 0.390. The summed E-state index contributed by atoms with van der Waals surface area (Å²) in [5.41, 5.74) is 0. The van der Waals surface area contributed by atoms with Crippen LogP contribution >= 0.6 is 15.9 Å². The number of nitrogens with one attached hydrogen (secondary N) is 1. The summed E-state index contributed by atoms with van der Waals surface area (Å²) in [6, 6.07) is 0.187. The highest BCUT2D eigenvalue weighted by molar-refractivity contribution is 9.09. The molecule has 1 N–H and O–H groups in total. The Morgan fingerprint density at radius 3 is 2.11 bits per heavy atom. The fourth-order valence-corrected chi connectivity index (χ4v) is 5.63. The molecule has 0 aliphatic heterocycles. The number of alkyl halides is 1. The zero-order valence-corrected chi connectivity index (χ0v) is 13.3. The van der Waals surface area contributed by atoms with Crippen LogP contribution in [0.5, 0.6) is 0 Å². The van der Waals surface area contributed by atoms with Crippen LogP contribution in [-0.4, -0.2) is 25.0 Å². The van der Waals surface area contributed by atoms with E-state index in [1.54, 1.807) is 0 Å². The lowest BCUT2D eigenvalue weighted by atomic mass is 9.88. The van der Waals surface area contributed by atoms with Gasteiger partial charge in [-0.3, -0.25) is 0 Å². The molecular formula is C13H24BrNO2S. The Labute approximate surface area is 119 Å². The molecule has 106 valence electrons. The Balaban J connectivity index is 1.84. The third-order valence-electron chi connectivity index (χ3n) is 4.39. The molecule has 2 fully saturated rings. The maximum absolute atomic E-state index is 12.3. The van der Waals surface area contributed by atoms with E-state index in [2.05, 4.69) is 20.7 Å². The van der Waals surface area contributed by atoms with E-state index in [1.807, 2.05) is 0 Å². The van der Waals surface area contributed by atoms with Gasteiger partial charge in [0.2, 0.25) is 10.0 Å². The van der Waals surface area contributed by atoms with Crippen molar-refractivity contribution in [1.29, 1.82) is 0 Å². The van der Waals surface area contributed by atoms with Gasteiger partial charge in [-0.05, 0) is 44.4 Å². The zero-order chi connectivity index (χ0) is 13.0. The Kier molecular flexibility index (Phi) is 5.51. The third-order valence-corrected chi connectivity index (χ3v) is 7.31. The van der Waals surface area contributed by atoms with Gasteiger partial charge in [-0.1, -0.05) is 35.2 Å². The van der Waals surface area contributed by atoms with Crippen molar-refractivity contribution < 1.29 is 8.42 Å². The molecule has 0 aromatic heterocycles. The van der Waals surface area contributed by atoms with Crippen LogP contribution in [0.3, 0.4) is 0 Å². The van der Waals surface area contributed by atoms with Gasteiger partial charge < -0.3 is 0 Å². The van der Waals surface area contributed by atoms with Gasteiger partial charge in [0.15, 0.2) is 0 Å². The highest BCUT2D eigenvalue weighted by Crippen LogP contribution is 2.28. The summed E-state index contributed by atoms with van der Waals surface area (Å²) in [5.74, 6) is 0.737. The van der Waals surface area contributed by atoms with E-state index in [9.17, 15) is 8.42 Å². The maximum atomic E-state index is 12.3. The summed E-state index contributed by atoms with van der Waals surface area (Å²) in [7, 11) is -3.07. The van der Waals surface area contributed by atoms with Gasteiger partial charge in [-0.15, -0.1) is 0 Å². The molecule has 2 aliphatic rings. The first-order chi connectivity index (χ1) is 8.62. The molecule has 0 saturated heterocycles. The summed E-state index contributed by atoms with van der Waals surface area (Å²) in [6.45, 7) is 0.